The van der Waals surface area contributed by atoms with Gasteiger partial charge in [-0.15, -0.1) is 11.3 Å². The van der Waals surface area contributed by atoms with Gasteiger partial charge in [0, 0.05) is 29.2 Å². The first-order chi connectivity index (χ1) is 10.1. The van der Waals surface area contributed by atoms with Gasteiger partial charge in [-0.3, -0.25) is 14.9 Å². The lowest BCUT2D eigenvalue weighted by molar-refractivity contribution is -0.384. The summed E-state index contributed by atoms with van der Waals surface area (Å²) in [6.45, 7) is 2.36. The molecule has 6 nitrogen and oxygen atoms in total. The Bertz CT molecular complexity index is 628. The van der Waals surface area contributed by atoms with Gasteiger partial charge in [0.05, 0.1) is 11.0 Å². The molecule has 0 saturated heterocycles. The number of benzene rings is 1. The molecule has 0 spiro atoms. The molecular weight excluding hydrogens is 290 g/mol. The van der Waals surface area contributed by atoms with E-state index in [1.807, 2.05) is 17.5 Å². The molecular formula is C14H15N3O3S. The maximum absolute atomic E-state index is 12.0. The molecule has 0 radical (unpaired) electrons. The van der Waals surface area contributed by atoms with Crippen molar-refractivity contribution in [2.75, 3.05) is 5.32 Å². The van der Waals surface area contributed by atoms with Gasteiger partial charge in [-0.1, -0.05) is 12.1 Å². The number of thiophene rings is 1. The van der Waals surface area contributed by atoms with Crippen LogP contribution in [0.2, 0.25) is 0 Å². The summed E-state index contributed by atoms with van der Waals surface area (Å²) in [5.74, 6) is -0.230. The lowest BCUT2D eigenvalue weighted by Crippen LogP contribution is -2.37. The summed E-state index contributed by atoms with van der Waals surface area (Å²) in [6.07, 6.45) is 0. The van der Waals surface area contributed by atoms with Crippen LogP contribution in [-0.2, 0) is 11.3 Å². The highest BCUT2D eigenvalue weighted by Crippen LogP contribution is 2.17. The Balaban J connectivity index is 1.91. The van der Waals surface area contributed by atoms with E-state index in [-0.39, 0.29) is 11.6 Å². The number of hydrogen-bond donors (Lipinski definition) is 2. The molecule has 0 aliphatic rings. The van der Waals surface area contributed by atoms with Gasteiger partial charge in [0.1, 0.15) is 0 Å². The number of carbonyl (C=O) groups excluding carboxylic acids is 1. The molecule has 1 amide bonds. The molecule has 110 valence electrons. The summed E-state index contributed by atoms with van der Waals surface area (Å²) in [5.41, 5.74) is 0.367. The Morgan fingerprint density at radius 1 is 1.38 bits per heavy atom. The Morgan fingerprint density at radius 3 is 2.86 bits per heavy atom. The fraction of sp³-hybridized carbons (Fsp3) is 0.214. The summed E-state index contributed by atoms with van der Waals surface area (Å²) in [6, 6.07) is 9.43. The topological polar surface area (TPSA) is 84.3 Å². The van der Waals surface area contributed by atoms with E-state index in [1.165, 1.54) is 18.2 Å². The van der Waals surface area contributed by atoms with Crippen LogP contribution in [0.5, 0.6) is 0 Å². The van der Waals surface area contributed by atoms with E-state index in [0.29, 0.717) is 12.2 Å². The zero-order valence-electron chi connectivity index (χ0n) is 11.4. The quantitative estimate of drug-likeness (QED) is 0.635. The van der Waals surface area contributed by atoms with Gasteiger partial charge in [-0.2, -0.15) is 0 Å². The van der Waals surface area contributed by atoms with Crippen LogP contribution in [0.15, 0.2) is 41.8 Å². The van der Waals surface area contributed by atoms with Gasteiger partial charge in [0.15, 0.2) is 0 Å². The van der Waals surface area contributed by atoms with Crippen molar-refractivity contribution in [1.29, 1.82) is 0 Å². The first-order valence-electron chi connectivity index (χ1n) is 6.37. The second-order valence-corrected chi connectivity index (χ2v) is 5.51. The molecule has 2 aromatic rings. The third-order valence-electron chi connectivity index (χ3n) is 2.88. The van der Waals surface area contributed by atoms with Gasteiger partial charge in [-0.25, -0.2) is 0 Å². The van der Waals surface area contributed by atoms with Gasteiger partial charge in [0.25, 0.3) is 5.69 Å². The van der Waals surface area contributed by atoms with Crippen LogP contribution in [0, 0.1) is 10.1 Å². The van der Waals surface area contributed by atoms with Crippen molar-refractivity contribution in [2.45, 2.75) is 19.5 Å². The summed E-state index contributed by atoms with van der Waals surface area (Å²) >= 11 is 1.62. The van der Waals surface area contributed by atoms with Gasteiger partial charge >= 0.3 is 0 Å². The lowest BCUT2D eigenvalue weighted by atomic mass is 10.2. The van der Waals surface area contributed by atoms with Gasteiger partial charge < -0.3 is 10.6 Å². The number of rotatable bonds is 6. The van der Waals surface area contributed by atoms with Crippen LogP contribution in [0.4, 0.5) is 11.4 Å². The van der Waals surface area contributed by atoms with Crippen LogP contribution in [0.1, 0.15) is 11.8 Å². The predicted octanol–water partition coefficient (Wildman–Crippen LogP) is 2.77. The smallest absolute Gasteiger partial charge is 0.271 e. The second kappa shape index (κ2) is 6.96. The van der Waals surface area contributed by atoms with Crippen molar-refractivity contribution in [1.82, 2.24) is 5.32 Å². The van der Waals surface area contributed by atoms with Crippen LogP contribution >= 0.6 is 11.3 Å². The van der Waals surface area contributed by atoms with Crippen LogP contribution in [-0.4, -0.2) is 16.9 Å². The minimum Gasteiger partial charge on any atom is -0.324 e. The molecule has 0 fully saturated rings. The largest absolute Gasteiger partial charge is 0.324 e. The average molecular weight is 305 g/mol. The van der Waals surface area contributed by atoms with E-state index < -0.39 is 11.0 Å². The van der Waals surface area contributed by atoms with Crippen LogP contribution < -0.4 is 10.6 Å². The summed E-state index contributed by atoms with van der Waals surface area (Å²) < 4.78 is 0. The molecule has 1 aromatic carbocycles. The minimum absolute atomic E-state index is 0.0491. The zero-order chi connectivity index (χ0) is 15.2. The number of nitro groups is 1. The molecule has 0 aliphatic heterocycles. The van der Waals surface area contributed by atoms with E-state index in [4.69, 9.17) is 0 Å². The highest BCUT2D eigenvalue weighted by Gasteiger charge is 2.14. The molecule has 21 heavy (non-hydrogen) atoms. The number of non-ortho nitro benzene ring substituents is 1. The number of nitro benzene ring substituents is 1. The maximum Gasteiger partial charge on any atom is 0.271 e. The van der Waals surface area contributed by atoms with Crippen molar-refractivity contribution in [3.05, 3.63) is 56.8 Å². The molecule has 1 aromatic heterocycles. The summed E-state index contributed by atoms with van der Waals surface area (Å²) in [4.78, 5) is 23.4. The second-order valence-electron chi connectivity index (χ2n) is 4.48. The number of amides is 1. The molecule has 0 saturated carbocycles. The van der Waals surface area contributed by atoms with Crippen LogP contribution in [0.25, 0.3) is 0 Å². The normalized spacial score (nSPS) is 11.9. The monoisotopic (exact) mass is 305 g/mol. The highest BCUT2D eigenvalue weighted by molar-refractivity contribution is 7.09. The first-order valence-corrected chi connectivity index (χ1v) is 7.25. The zero-order valence-corrected chi connectivity index (χ0v) is 12.2. The highest BCUT2D eigenvalue weighted by atomic mass is 32.1. The van der Waals surface area contributed by atoms with Crippen LogP contribution in [0.3, 0.4) is 0 Å². The van der Waals surface area contributed by atoms with Crippen molar-refractivity contribution < 1.29 is 9.72 Å². The minimum atomic E-state index is -0.492. The third kappa shape index (κ3) is 4.37. The molecule has 0 bridgehead atoms. The summed E-state index contributed by atoms with van der Waals surface area (Å²) in [5, 5.41) is 18.4. The third-order valence-corrected chi connectivity index (χ3v) is 3.76. The Labute approximate surface area is 126 Å². The molecule has 7 heteroatoms. The average Bonchev–Trinajstić information content (AvgIpc) is 2.98. The van der Waals surface area contributed by atoms with Crippen molar-refractivity contribution in [2.24, 2.45) is 0 Å². The van der Waals surface area contributed by atoms with Crippen molar-refractivity contribution in [3.63, 3.8) is 0 Å². The Kier molecular flexibility index (Phi) is 5.02. The maximum atomic E-state index is 12.0. The molecule has 2 rings (SSSR count). The van der Waals surface area contributed by atoms with E-state index in [1.54, 1.807) is 24.3 Å². The number of anilines is 1. The van der Waals surface area contributed by atoms with Gasteiger partial charge in [-0.05, 0) is 24.4 Å². The van der Waals surface area contributed by atoms with Gasteiger partial charge in [0.2, 0.25) is 5.91 Å². The standard InChI is InChI=1S/C14H15N3O3S/c1-10(15-9-13-6-3-7-21-13)14(18)16-11-4-2-5-12(8-11)17(19)20/h2-8,10,15H,9H2,1H3,(H,16,18)/t10-/m0/s1. The number of nitrogens with zero attached hydrogens (tertiary/aromatic N) is 1. The Hall–Kier alpha value is -2.25. The van der Waals surface area contributed by atoms with E-state index in [0.717, 1.165) is 4.88 Å². The SMILES string of the molecule is C[C@H](NCc1cccs1)C(=O)Nc1cccc([N+](=O)[O-])c1. The summed E-state index contributed by atoms with van der Waals surface area (Å²) in [7, 11) is 0. The predicted molar refractivity (Wildman–Crippen MR) is 82.3 cm³/mol. The van der Waals surface area contributed by atoms with E-state index >= 15 is 0 Å². The van der Waals surface area contributed by atoms with Crippen molar-refractivity contribution in [3.8, 4) is 0 Å². The molecule has 1 atom stereocenters. The fourth-order valence-corrected chi connectivity index (χ4v) is 2.36. The molecule has 1 heterocycles. The fourth-order valence-electron chi connectivity index (χ4n) is 1.71. The lowest BCUT2D eigenvalue weighted by Gasteiger charge is -2.13. The number of nitrogens with one attached hydrogen (secondary N) is 2. The van der Waals surface area contributed by atoms with E-state index in [9.17, 15) is 14.9 Å². The molecule has 2 N–H and O–H groups in total. The first kappa shape index (κ1) is 15.1. The Morgan fingerprint density at radius 2 is 2.19 bits per heavy atom. The molecule has 0 unspecified atom stereocenters. The van der Waals surface area contributed by atoms with E-state index in [2.05, 4.69) is 10.6 Å². The van der Waals surface area contributed by atoms with Crippen molar-refractivity contribution >= 4 is 28.6 Å². The molecule has 0 aliphatic carbocycles. The number of carbonyl (C=O) groups is 1. The number of hydrogen-bond acceptors (Lipinski definition) is 5.